The fraction of sp³-hybridized carbons (Fsp3) is 0.360. The van der Waals surface area contributed by atoms with Gasteiger partial charge in [-0.3, -0.25) is 0 Å². The highest BCUT2D eigenvalue weighted by molar-refractivity contribution is 6.29. The largest absolute Gasteiger partial charge is 0.383 e. The molecule has 0 amide bonds. The van der Waals surface area contributed by atoms with E-state index in [9.17, 15) is 0 Å². The van der Waals surface area contributed by atoms with Crippen LogP contribution in [0.4, 0.5) is 5.82 Å². The van der Waals surface area contributed by atoms with Crippen LogP contribution < -0.4 is 11.1 Å². The molecule has 5 rings (SSSR count). The molecule has 0 radical (unpaired) electrons. The molecule has 5 nitrogen and oxygen atoms in total. The first-order valence-electron chi connectivity index (χ1n) is 11.0. The van der Waals surface area contributed by atoms with E-state index in [1.807, 2.05) is 18.3 Å². The van der Waals surface area contributed by atoms with Gasteiger partial charge in [0.15, 0.2) is 0 Å². The molecule has 3 N–H and O–H groups in total. The van der Waals surface area contributed by atoms with Crippen molar-refractivity contribution in [2.45, 2.75) is 37.6 Å². The molecule has 1 aromatic carbocycles. The molecule has 2 fully saturated rings. The Hall–Kier alpha value is -2.47. The molecule has 6 heteroatoms. The lowest BCUT2D eigenvalue weighted by atomic mass is 9.84. The molecule has 2 aromatic heterocycles. The SMILES string of the molecule is Nc1ncc(-c2ccc(C3CCOCC3)c(C3CCCN3)c2)cc1-c1ccnc(Cl)c1. The number of nitrogens with zero attached hydrogens (tertiary/aromatic N) is 2. The highest BCUT2D eigenvalue weighted by atomic mass is 35.5. The molecule has 0 spiro atoms. The molecule has 1 unspecified atom stereocenters. The van der Waals surface area contributed by atoms with Crippen molar-refractivity contribution in [3.8, 4) is 22.3 Å². The zero-order chi connectivity index (χ0) is 21.2. The number of benzene rings is 1. The van der Waals surface area contributed by atoms with Crippen molar-refractivity contribution >= 4 is 17.4 Å². The van der Waals surface area contributed by atoms with Gasteiger partial charge >= 0.3 is 0 Å². The zero-order valence-corrected chi connectivity index (χ0v) is 18.2. The van der Waals surface area contributed by atoms with Crippen LogP contribution in [0.5, 0.6) is 0 Å². The first-order valence-corrected chi connectivity index (χ1v) is 11.4. The predicted octanol–water partition coefficient (Wildman–Crippen LogP) is 5.36. The average Bonchev–Trinajstić information content (AvgIpc) is 3.35. The van der Waals surface area contributed by atoms with Gasteiger partial charge in [0.05, 0.1) is 0 Å². The summed E-state index contributed by atoms with van der Waals surface area (Å²) in [7, 11) is 0. The summed E-state index contributed by atoms with van der Waals surface area (Å²) in [5, 5.41) is 4.14. The van der Waals surface area contributed by atoms with E-state index < -0.39 is 0 Å². The summed E-state index contributed by atoms with van der Waals surface area (Å²) in [4.78, 5) is 8.56. The van der Waals surface area contributed by atoms with Gasteiger partial charge in [0.25, 0.3) is 0 Å². The van der Waals surface area contributed by atoms with E-state index in [1.165, 1.54) is 24.0 Å². The van der Waals surface area contributed by atoms with Crippen LogP contribution in [0.25, 0.3) is 22.3 Å². The van der Waals surface area contributed by atoms with Gasteiger partial charge < -0.3 is 15.8 Å². The normalized spacial score (nSPS) is 19.6. The highest BCUT2D eigenvalue weighted by Gasteiger charge is 2.25. The first kappa shape index (κ1) is 20.4. The van der Waals surface area contributed by atoms with Gasteiger partial charge in [-0.15, -0.1) is 0 Å². The maximum Gasteiger partial charge on any atom is 0.131 e. The highest BCUT2D eigenvalue weighted by Crippen LogP contribution is 2.38. The van der Waals surface area contributed by atoms with Crippen molar-refractivity contribution < 1.29 is 4.74 Å². The summed E-state index contributed by atoms with van der Waals surface area (Å²) in [5.41, 5.74) is 13.1. The van der Waals surface area contributed by atoms with Crippen LogP contribution in [-0.2, 0) is 4.74 Å². The minimum atomic E-state index is 0.415. The molecule has 0 saturated carbocycles. The molecular weight excluding hydrogens is 408 g/mol. The molecule has 2 saturated heterocycles. The van der Waals surface area contributed by atoms with Crippen molar-refractivity contribution in [2.75, 3.05) is 25.5 Å². The Kier molecular flexibility index (Phi) is 5.90. The van der Waals surface area contributed by atoms with Gasteiger partial charge in [0.2, 0.25) is 0 Å². The summed E-state index contributed by atoms with van der Waals surface area (Å²) in [5.74, 6) is 1.06. The molecule has 160 valence electrons. The van der Waals surface area contributed by atoms with Crippen LogP contribution in [0.3, 0.4) is 0 Å². The van der Waals surface area contributed by atoms with Gasteiger partial charge in [-0.2, -0.15) is 0 Å². The maximum atomic E-state index is 6.20. The number of hydrogen-bond acceptors (Lipinski definition) is 5. The minimum Gasteiger partial charge on any atom is -0.383 e. The topological polar surface area (TPSA) is 73.1 Å². The average molecular weight is 435 g/mol. The summed E-state index contributed by atoms with van der Waals surface area (Å²) in [6.45, 7) is 2.78. The van der Waals surface area contributed by atoms with Crippen LogP contribution in [0.2, 0.25) is 5.15 Å². The van der Waals surface area contributed by atoms with Crippen LogP contribution in [-0.4, -0.2) is 29.7 Å². The summed E-state index contributed by atoms with van der Waals surface area (Å²) in [6, 6.07) is 13.1. The number of hydrogen-bond donors (Lipinski definition) is 2. The Morgan fingerprint density at radius 2 is 1.81 bits per heavy atom. The minimum absolute atomic E-state index is 0.415. The molecule has 31 heavy (non-hydrogen) atoms. The Morgan fingerprint density at radius 3 is 2.58 bits per heavy atom. The maximum absolute atomic E-state index is 6.20. The Balaban J connectivity index is 1.56. The summed E-state index contributed by atoms with van der Waals surface area (Å²) in [6.07, 6.45) is 8.14. The van der Waals surface area contributed by atoms with Gasteiger partial charge in [-0.25, -0.2) is 9.97 Å². The molecule has 4 heterocycles. The van der Waals surface area contributed by atoms with E-state index in [-0.39, 0.29) is 0 Å². The molecule has 2 aliphatic heterocycles. The summed E-state index contributed by atoms with van der Waals surface area (Å²) >= 11 is 6.10. The first-order chi connectivity index (χ1) is 15.2. The number of halogens is 1. The van der Waals surface area contributed by atoms with Crippen molar-refractivity contribution in [1.29, 1.82) is 0 Å². The second-order valence-electron chi connectivity index (χ2n) is 8.40. The zero-order valence-electron chi connectivity index (χ0n) is 17.5. The number of ether oxygens (including phenoxy) is 1. The number of rotatable bonds is 4. The number of nitrogens with one attached hydrogen (secondary N) is 1. The van der Waals surface area contributed by atoms with E-state index in [1.54, 1.807) is 6.20 Å². The van der Waals surface area contributed by atoms with E-state index in [4.69, 9.17) is 22.1 Å². The Bertz CT molecular complexity index is 1070. The number of nitrogen functional groups attached to an aromatic ring is 1. The van der Waals surface area contributed by atoms with Gasteiger partial charge in [0.1, 0.15) is 11.0 Å². The molecule has 0 bridgehead atoms. The van der Waals surface area contributed by atoms with Crippen LogP contribution in [0, 0.1) is 0 Å². The van der Waals surface area contributed by atoms with Crippen molar-refractivity contribution in [1.82, 2.24) is 15.3 Å². The Morgan fingerprint density at radius 1 is 0.935 bits per heavy atom. The smallest absolute Gasteiger partial charge is 0.131 e. The van der Waals surface area contributed by atoms with Gasteiger partial charge in [-0.05, 0) is 84.7 Å². The molecule has 2 aliphatic rings. The fourth-order valence-corrected chi connectivity index (χ4v) is 4.99. The van der Waals surface area contributed by atoms with Crippen molar-refractivity contribution in [3.05, 3.63) is 65.1 Å². The van der Waals surface area contributed by atoms with Crippen LogP contribution in [0.15, 0.2) is 48.8 Å². The third-order valence-corrected chi connectivity index (χ3v) is 6.68. The third-order valence-electron chi connectivity index (χ3n) is 6.47. The standard InChI is InChI=1S/C25H27ClN4O/c26-24-14-18(5-9-29-24)21-13-19(15-30-25(21)27)17-3-4-20(16-6-10-31-11-7-16)22(12-17)23-2-1-8-28-23/h3-5,9,12-16,23,28H,1-2,6-8,10-11H2,(H2,27,30). The molecular formula is C25H27ClN4O. The number of anilines is 1. The van der Waals surface area contributed by atoms with Gasteiger partial charge in [0, 0.05) is 42.8 Å². The van der Waals surface area contributed by atoms with E-state index in [0.717, 1.165) is 54.9 Å². The lowest BCUT2D eigenvalue weighted by Crippen LogP contribution is -2.19. The van der Waals surface area contributed by atoms with Crippen LogP contribution >= 0.6 is 11.6 Å². The molecule has 1 atom stereocenters. The lowest BCUT2D eigenvalue weighted by molar-refractivity contribution is 0.0851. The van der Waals surface area contributed by atoms with Gasteiger partial charge in [-0.1, -0.05) is 23.7 Å². The summed E-state index contributed by atoms with van der Waals surface area (Å²) < 4.78 is 5.60. The quantitative estimate of drug-likeness (QED) is 0.540. The predicted molar refractivity (Wildman–Crippen MR) is 125 cm³/mol. The third kappa shape index (κ3) is 4.31. The van der Waals surface area contributed by atoms with Crippen molar-refractivity contribution in [3.63, 3.8) is 0 Å². The second kappa shape index (κ2) is 8.95. The molecule has 3 aromatic rings. The number of pyridine rings is 2. The van der Waals surface area contributed by atoms with Crippen LogP contribution in [0.1, 0.15) is 48.8 Å². The lowest BCUT2D eigenvalue weighted by Gasteiger charge is -2.27. The van der Waals surface area contributed by atoms with E-state index in [0.29, 0.717) is 22.9 Å². The number of aromatic nitrogens is 2. The van der Waals surface area contributed by atoms with E-state index >= 15 is 0 Å². The number of nitrogens with two attached hydrogens (primary N) is 1. The van der Waals surface area contributed by atoms with E-state index in [2.05, 4.69) is 39.6 Å². The fourth-order valence-electron chi connectivity index (χ4n) is 4.82. The second-order valence-corrected chi connectivity index (χ2v) is 8.79. The molecule has 0 aliphatic carbocycles. The van der Waals surface area contributed by atoms with Crippen molar-refractivity contribution in [2.24, 2.45) is 0 Å². The monoisotopic (exact) mass is 434 g/mol. The Labute approximate surface area is 188 Å².